The summed E-state index contributed by atoms with van der Waals surface area (Å²) in [4.78, 5) is 11.5. The number of hydrogen-bond donors (Lipinski definition) is 2. The summed E-state index contributed by atoms with van der Waals surface area (Å²) in [5.74, 6) is 0.00981. The van der Waals surface area contributed by atoms with Gasteiger partial charge in [-0.25, -0.2) is 0 Å². The van der Waals surface area contributed by atoms with Gasteiger partial charge in [-0.2, -0.15) is 0 Å². The molecule has 0 bridgehead atoms. The Morgan fingerprint density at radius 2 is 2.06 bits per heavy atom. The van der Waals surface area contributed by atoms with Gasteiger partial charge in [-0.3, -0.25) is 4.79 Å². The maximum atomic E-state index is 11.5. The number of benzene rings is 1. The number of carbonyl (C=O) groups excluding carboxylic acids is 1. The second kappa shape index (κ2) is 7.04. The van der Waals surface area contributed by atoms with E-state index in [0.717, 1.165) is 17.7 Å². The summed E-state index contributed by atoms with van der Waals surface area (Å²) in [6, 6.07) is 7.60. The number of rotatable bonds is 6. The number of anilines is 1. The molecule has 1 aromatic rings. The van der Waals surface area contributed by atoms with Crippen LogP contribution in [0.2, 0.25) is 0 Å². The molecule has 17 heavy (non-hydrogen) atoms. The average Bonchev–Trinajstić information content (AvgIpc) is 2.30. The summed E-state index contributed by atoms with van der Waals surface area (Å²) in [7, 11) is 1.63. The SMILES string of the molecule is COCCCC(=O)Nc1ccc(C(C)N)cc1. The lowest BCUT2D eigenvalue weighted by Crippen LogP contribution is -2.12. The van der Waals surface area contributed by atoms with Gasteiger partial charge in [0.15, 0.2) is 0 Å². The van der Waals surface area contributed by atoms with Gasteiger partial charge in [0, 0.05) is 31.9 Å². The topological polar surface area (TPSA) is 64.3 Å². The molecule has 94 valence electrons. The van der Waals surface area contributed by atoms with Gasteiger partial charge in [0.05, 0.1) is 0 Å². The molecule has 0 aromatic heterocycles. The van der Waals surface area contributed by atoms with Crippen molar-refractivity contribution in [1.82, 2.24) is 0 Å². The number of nitrogens with two attached hydrogens (primary N) is 1. The Hall–Kier alpha value is -1.39. The molecule has 0 fully saturated rings. The molecular formula is C13H20N2O2. The van der Waals surface area contributed by atoms with E-state index in [2.05, 4.69) is 5.32 Å². The van der Waals surface area contributed by atoms with Crippen molar-refractivity contribution in [1.29, 1.82) is 0 Å². The third-order valence-corrected chi connectivity index (χ3v) is 2.47. The van der Waals surface area contributed by atoms with Crippen molar-refractivity contribution in [2.75, 3.05) is 19.0 Å². The highest BCUT2D eigenvalue weighted by Crippen LogP contribution is 2.14. The van der Waals surface area contributed by atoms with Gasteiger partial charge in [0.2, 0.25) is 5.91 Å². The second-order valence-corrected chi connectivity index (χ2v) is 4.06. The first-order chi connectivity index (χ1) is 8.13. The predicted molar refractivity (Wildman–Crippen MR) is 68.8 cm³/mol. The van der Waals surface area contributed by atoms with E-state index < -0.39 is 0 Å². The fourth-order valence-corrected chi connectivity index (χ4v) is 1.47. The Kier molecular flexibility index (Phi) is 5.66. The van der Waals surface area contributed by atoms with Gasteiger partial charge < -0.3 is 15.8 Å². The molecule has 1 amide bonds. The highest BCUT2D eigenvalue weighted by Gasteiger charge is 2.03. The lowest BCUT2D eigenvalue weighted by molar-refractivity contribution is -0.116. The van der Waals surface area contributed by atoms with Gasteiger partial charge in [-0.05, 0) is 31.0 Å². The Morgan fingerprint density at radius 1 is 1.41 bits per heavy atom. The number of methoxy groups -OCH3 is 1. The van der Waals surface area contributed by atoms with E-state index in [-0.39, 0.29) is 11.9 Å². The summed E-state index contributed by atoms with van der Waals surface area (Å²) in [5.41, 5.74) is 7.61. The first-order valence-corrected chi connectivity index (χ1v) is 5.78. The van der Waals surface area contributed by atoms with Crippen LogP contribution in [0.25, 0.3) is 0 Å². The molecule has 0 saturated carbocycles. The molecule has 3 N–H and O–H groups in total. The largest absolute Gasteiger partial charge is 0.385 e. The van der Waals surface area contributed by atoms with Crippen molar-refractivity contribution in [2.45, 2.75) is 25.8 Å². The van der Waals surface area contributed by atoms with Crippen LogP contribution in [0.5, 0.6) is 0 Å². The molecule has 4 heteroatoms. The van der Waals surface area contributed by atoms with Crippen LogP contribution < -0.4 is 11.1 Å². The maximum Gasteiger partial charge on any atom is 0.224 e. The zero-order chi connectivity index (χ0) is 12.7. The molecule has 0 aliphatic heterocycles. The molecule has 1 unspecified atom stereocenters. The lowest BCUT2D eigenvalue weighted by atomic mass is 10.1. The minimum atomic E-state index is 0.00981. The third kappa shape index (κ3) is 4.97. The summed E-state index contributed by atoms with van der Waals surface area (Å²) >= 11 is 0. The highest BCUT2D eigenvalue weighted by atomic mass is 16.5. The molecule has 1 rings (SSSR count). The van der Waals surface area contributed by atoms with Crippen molar-refractivity contribution in [3.8, 4) is 0 Å². The Balaban J connectivity index is 2.43. The van der Waals surface area contributed by atoms with Gasteiger partial charge in [-0.1, -0.05) is 12.1 Å². The zero-order valence-corrected chi connectivity index (χ0v) is 10.4. The molecule has 4 nitrogen and oxygen atoms in total. The van der Waals surface area contributed by atoms with Gasteiger partial charge >= 0.3 is 0 Å². The smallest absolute Gasteiger partial charge is 0.224 e. The molecule has 0 aliphatic carbocycles. The quantitative estimate of drug-likeness (QED) is 0.743. The Labute approximate surface area is 102 Å². The van der Waals surface area contributed by atoms with Crippen molar-refractivity contribution in [3.05, 3.63) is 29.8 Å². The van der Waals surface area contributed by atoms with Gasteiger partial charge in [0.1, 0.15) is 0 Å². The third-order valence-electron chi connectivity index (χ3n) is 2.47. The molecule has 0 spiro atoms. The standard InChI is InChI=1S/C13H20N2O2/c1-10(14)11-5-7-12(8-6-11)15-13(16)4-3-9-17-2/h5-8,10H,3-4,9,14H2,1-2H3,(H,15,16). The zero-order valence-electron chi connectivity index (χ0n) is 10.4. The van der Waals surface area contributed by atoms with E-state index in [4.69, 9.17) is 10.5 Å². The van der Waals surface area contributed by atoms with E-state index in [0.29, 0.717) is 13.0 Å². The Morgan fingerprint density at radius 3 is 2.59 bits per heavy atom. The molecule has 0 heterocycles. The van der Waals surface area contributed by atoms with Gasteiger partial charge in [-0.15, -0.1) is 0 Å². The van der Waals surface area contributed by atoms with Crippen LogP contribution in [0.1, 0.15) is 31.4 Å². The van der Waals surface area contributed by atoms with Crippen LogP contribution in [0, 0.1) is 0 Å². The second-order valence-electron chi connectivity index (χ2n) is 4.06. The molecule has 1 atom stereocenters. The molecular weight excluding hydrogens is 216 g/mol. The van der Waals surface area contributed by atoms with Crippen LogP contribution in [0.4, 0.5) is 5.69 Å². The van der Waals surface area contributed by atoms with Crippen molar-refractivity contribution < 1.29 is 9.53 Å². The minimum absolute atomic E-state index is 0.00981. The van der Waals surface area contributed by atoms with Crippen molar-refractivity contribution >= 4 is 11.6 Å². The normalized spacial score (nSPS) is 12.2. The van der Waals surface area contributed by atoms with Crippen molar-refractivity contribution in [2.24, 2.45) is 5.73 Å². The molecule has 0 saturated heterocycles. The average molecular weight is 236 g/mol. The molecule has 0 radical (unpaired) electrons. The number of nitrogens with one attached hydrogen (secondary N) is 1. The monoisotopic (exact) mass is 236 g/mol. The van der Waals surface area contributed by atoms with Crippen LogP contribution in [0.3, 0.4) is 0 Å². The van der Waals surface area contributed by atoms with Crippen LogP contribution in [-0.4, -0.2) is 19.6 Å². The lowest BCUT2D eigenvalue weighted by Gasteiger charge is -2.08. The summed E-state index contributed by atoms with van der Waals surface area (Å²) in [5, 5.41) is 2.83. The fourth-order valence-electron chi connectivity index (χ4n) is 1.47. The van der Waals surface area contributed by atoms with E-state index in [1.165, 1.54) is 0 Å². The first-order valence-electron chi connectivity index (χ1n) is 5.78. The van der Waals surface area contributed by atoms with Crippen LogP contribution in [0.15, 0.2) is 24.3 Å². The Bertz CT molecular complexity index is 347. The minimum Gasteiger partial charge on any atom is -0.385 e. The van der Waals surface area contributed by atoms with Crippen molar-refractivity contribution in [3.63, 3.8) is 0 Å². The predicted octanol–water partition coefficient (Wildman–Crippen LogP) is 2.07. The van der Waals surface area contributed by atoms with Crippen LogP contribution >= 0.6 is 0 Å². The maximum absolute atomic E-state index is 11.5. The summed E-state index contributed by atoms with van der Waals surface area (Å²) in [6.45, 7) is 2.54. The summed E-state index contributed by atoms with van der Waals surface area (Å²) in [6.07, 6.45) is 1.21. The van der Waals surface area contributed by atoms with Gasteiger partial charge in [0.25, 0.3) is 0 Å². The van der Waals surface area contributed by atoms with E-state index in [1.807, 2.05) is 31.2 Å². The summed E-state index contributed by atoms with van der Waals surface area (Å²) < 4.78 is 4.89. The fraction of sp³-hybridized carbons (Fsp3) is 0.462. The van der Waals surface area contributed by atoms with E-state index in [1.54, 1.807) is 7.11 Å². The number of ether oxygens (including phenoxy) is 1. The van der Waals surface area contributed by atoms with E-state index in [9.17, 15) is 4.79 Å². The van der Waals surface area contributed by atoms with Crippen LogP contribution in [-0.2, 0) is 9.53 Å². The van der Waals surface area contributed by atoms with E-state index >= 15 is 0 Å². The number of amides is 1. The molecule has 0 aliphatic rings. The number of hydrogen-bond acceptors (Lipinski definition) is 3. The first kappa shape index (κ1) is 13.7. The molecule has 1 aromatic carbocycles. The number of carbonyl (C=O) groups is 1. The highest BCUT2D eigenvalue weighted by molar-refractivity contribution is 5.90.